The molecule has 1 unspecified atom stereocenters. The molecule has 0 fully saturated rings. The van der Waals surface area contributed by atoms with Crippen LogP contribution in [0, 0.1) is 13.8 Å². The second kappa shape index (κ2) is 7.64. The first-order valence-electron chi connectivity index (χ1n) is 6.66. The van der Waals surface area contributed by atoms with E-state index in [0.29, 0.717) is 6.54 Å². The molecule has 0 aromatic carbocycles. The Hall–Kier alpha value is -1.89. The standard InChI is InChI=1S/C13H22N4O3/c1-9-8-10(2)17(16-9)7-3-6-15-13(20)11(14)4-5-12(18)19/h8,11H,3-7,14H2,1-2H3,(H,15,20)(H,18,19). The van der Waals surface area contributed by atoms with Crippen molar-refractivity contribution in [1.82, 2.24) is 15.1 Å². The lowest BCUT2D eigenvalue weighted by molar-refractivity contribution is -0.137. The Balaban J connectivity index is 2.22. The number of aliphatic carboxylic acids is 1. The summed E-state index contributed by atoms with van der Waals surface area (Å²) >= 11 is 0. The molecule has 7 heteroatoms. The van der Waals surface area contributed by atoms with E-state index in [-0.39, 0.29) is 18.7 Å². The first kappa shape index (κ1) is 16.2. The molecule has 0 aliphatic rings. The minimum atomic E-state index is -0.947. The van der Waals surface area contributed by atoms with Gasteiger partial charge in [0.25, 0.3) is 0 Å². The Morgan fingerprint density at radius 1 is 1.50 bits per heavy atom. The predicted molar refractivity (Wildman–Crippen MR) is 74.2 cm³/mol. The van der Waals surface area contributed by atoms with Gasteiger partial charge in [-0.05, 0) is 32.8 Å². The quantitative estimate of drug-likeness (QED) is 0.590. The maximum atomic E-state index is 11.6. The van der Waals surface area contributed by atoms with Crippen LogP contribution < -0.4 is 11.1 Å². The summed E-state index contributed by atoms with van der Waals surface area (Å²) in [6, 6.07) is 1.24. The van der Waals surface area contributed by atoms with Crippen LogP contribution in [0.4, 0.5) is 0 Å². The highest BCUT2D eigenvalue weighted by molar-refractivity contribution is 5.82. The van der Waals surface area contributed by atoms with Crippen molar-refractivity contribution in [3.63, 3.8) is 0 Å². The Morgan fingerprint density at radius 2 is 2.20 bits per heavy atom. The lowest BCUT2D eigenvalue weighted by atomic mass is 10.1. The SMILES string of the molecule is Cc1cc(C)n(CCCNC(=O)C(N)CCC(=O)O)n1. The molecule has 0 aliphatic heterocycles. The minimum absolute atomic E-state index is 0.0969. The number of carboxylic acid groups (broad SMARTS) is 1. The van der Waals surface area contributed by atoms with E-state index < -0.39 is 12.0 Å². The van der Waals surface area contributed by atoms with Crippen molar-refractivity contribution in [2.24, 2.45) is 5.73 Å². The van der Waals surface area contributed by atoms with Gasteiger partial charge in [0, 0.05) is 25.2 Å². The fourth-order valence-corrected chi connectivity index (χ4v) is 1.88. The van der Waals surface area contributed by atoms with Crippen LogP contribution in [0.5, 0.6) is 0 Å². The number of hydrogen-bond acceptors (Lipinski definition) is 4. The lowest BCUT2D eigenvalue weighted by Gasteiger charge is -2.11. The number of nitrogens with two attached hydrogens (primary N) is 1. The van der Waals surface area contributed by atoms with Crippen LogP contribution in [-0.4, -0.2) is 39.4 Å². The smallest absolute Gasteiger partial charge is 0.303 e. The summed E-state index contributed by atoms with van der Waals surface area (Å²) in [5.74, 6) is -1.25. The zero-order chi connectivity index (χ0) is 15.1. The fraction of sp³-hybridized carbons (Fsp3) is 0.615. The number of carbonyl (C=O) groups is 2. The molecule has 20 heavy (non-hydrogen) atoms. The molecule has 0 bridgehead atoms. The second-order valence-corrected chi connectivity index (χ2v) is 4.83. The predicted octanol–water partition coefficient (Wildman–Crippen LogP) is 0.198. The van der Waals surface area contributed by atoms with Crippen LogP contribution in [0.25, 0.3) is 0 Å². The number of nitrogens with zero attached hydrogens (tertiary/aromatic N) is 2. The molecule has 1 atom stereocenters. The monoisotopic (exact) mass is 282 g/mol. The van der Waals surface area contributed by atoms with Crippen molar-refractivity contribution in [3.05, 3.63) is 17.5 Å². The molecule has 1 aromatic heterocycles. The number of hydrogen-bond donors (Lipinski definition) is 3. The topological polar surface area (TPSA) is 110 Å². The van der Waals surface area contributed by atoms with Crippen molar-refractivity contribution >= 4 is 11.9 Å². The average molecular weight is 282 g/mol. The highest BCUT2D eigenvalue weighted by atomic mass is 16.4. The van der Waals surface area contributed by atoms with Gasteiger partial charge in [-0.15, -0.1) is 0 Å². The Labute approximate surface area is 118 Å². The third-order valence-corrected chi connectivity index (χ3v) is 2.96. The van der Waals surface area contributed by atoms with Crippen LogP contribution in [0.3, 0.4) is 0 Å². The van der Waals surface area contributed by atoms with Gasteiger partial charge in [0.2, 0.25) is 5.91 Å². The summed E-state index contributed by atoms with van der Waals surface area (Å²) in [4.78, 5) is 22.0. The van der Waals surface area contributed by atoms with Crippen LogP contribution in [0.15, 0.2) is 6.07 Å². The van der Waals surface area contributed by atoms with Gasteiger partial charge in [-0.2, -0.15) is 5.10 Å². The zero-order valence-corrected chi connectivity index (χ0v) is 11.9. The van der Waals surface area contributed by atoms with E-state index in [0.717, 1.165) is 24.4 Å². The van der Waals surface area contributed by atoms with Gasteiger partial charge in [0.1, 0.15) is 0 Å². The normalized spacial score (nSPS) is 12.2. The highest BCUT2D eigenvalue weighted by Gasteiger charge is 2.14. The third kappa shape index (κ3) is 5.40. The van der Waals surface area contributed by atoms with Gasteiger partial charge in [-0.1, -0.05) is 0 Å². The Bertz CT molecular complexity index is 470. The summed E-state index contributed by atoms with van der Waals surface area (Å²) in [6.07, 6.45) is 0.804. The van der Waals surface area contributed by atoms with Gasteiger partial charge >= 0.3 is 5.97 Å². The number of rotatable bonds is 8. The van der Waals surface area contributed by atoms with E-state index in [1.807, 2.05) is 24.6 Å². The minimum Gasteiger partial charge on any atom is -0.481 e. The van der Waals surface area contributed by atoms with Crippen molar-refractivity contribution in [3.8, 4) is 0 Å². The summed E-state index contributed by atoms with van der Waals surface area (Å²) in [7, 11) is 0. The van der Waals surface area contributed by atoms with Crippen LogP contribution in [0.1, 0.15) is 30.7 Å². The molecular formula is C13H22N4O3. The number of amides is 1. The molecule has 4 N–H and O–H groups in total. The van der Waals surface area contributed by atoms with Crippen LogP contribution in [-0.2, 0) is 16.1 Å². The van der Waals surface area contributed by atoms with E-state index in [1.54, 1.807) is 0 Å². The molecule has 0 saturated heterocycles. The number of nitrogens with one attached hydrogen (secondary N) is 1. The van der Waals surface area contributed by atoms with Gasteiger partial charge in [-0.25, -0.2) is 0 Å². The van der Waals surface area contributed by atoms with Crippen LogP contribution >= 0.6 is 0 Å². The number of carbonyl (C=O) groups excluding carboxylic acids is 1. The van der Waals surface area contributed by atoms with Gasteiger partial charge in [-0.3, -0.25) is 14.3 Å². The highest BCUT2D eigenvalue weighted by Crippen LogP contribution is 2.02. The van der Waals surface area contributed by atoms with Gasteiger partial charge in [0.15, 0.2) is 0 Å². The molecule has 1 rings (SSSR count). The zero-order valence-electron chi connectivity index (χ0n) is 11.9. The van der Waals surface area contributed by atoms with Crippen LogP contribution in [0.2, 0.25) is 0 Å². The number of aromatic nitrogens is 2. The Kier molecular flexibility index (Phi) is 6.17. The molecule has 0 aliphatic carbocycles. The maximum Gasteiger partial charge on any atom is 0.303 e. The Morgan fingerprint density at radius 3 is 2.75 bits per heavy atom. The number of aryl methyl sites for hydroxylation is 3. The third-order valence-electron chi connectivity index (χ3n) is 2.96. The van der Waals surface area contributed by atoms with E-state index in [9.17, 15) is 9.59 Å². The van der Waals surface area contributed by atoms with E-state index >= 15 is 0 Å². The average Bonchev–Trinajstić information content (AvgIpc) is 2.69. The molecular weight excluding hydrogens is 260 g/mol. The number of carboxylic acids is 1. The molecule has 112 valence electrons. The molecule has 0 radical (unpaired) electrons. The summed E-state index contributed by atoms with van der Waals surface area (Å²) in [5, 5.41) is 15.5. The largest absolute Gasteiger partial charge is 0.481 e. The first-order chi connectivity index (χ1) is 9.40. The molecule has 1 heterocycles. The van der Waals surface area contributed by atoms with Gasteiger partial charge in [0.05, 0.1) is 11.7 Å². The summed E-state index contributed by atoms with van der Waals surface area (Å²) in [6.45, 7) is 5.15. The fourth-order valence-electron chi connectivity index (χ4n) is 1.88. The molecule has 7 nitrogen and oxygen atoms in total. The molecule has 0 saturated carbocycles. The first-order valence-corrected chi connectivity index (χ1v) is 6.66. The summed E-state index contributed by atoms with van der Waals surface area (Å²) < 4.78 is 1.89. The maximum absolute atomic E-state index is 11.6. The van der Waals surface area contributed by atoms with Crippen molar-refractivity contribution in [2.45, 2.75) is 45.7 Å². The van der Waals surface area contributed by atoms with E-state index in [2.05, 4.69) is 10.4 Å². The van der Waals surface area contributed by atoms with Gasteiger partial charge < -0.3 is 16.2 Å². The lowest BCUT2D eigenvalue weighted by Crippen LogP contribution is -2.41. The van der Waals surface area contributed by atoms with Crippen molar-refractivity contribution in [1.29, 1.82) is 0 Å². The second-order valence-electron chi connectivity index (χ2n) is 4.83. The molecule has 1 amide bonds. The summed E-state index contributed by atoms with van der Waals surface area (Å²) in [5.41, 5.74) is 7.66. The van der Waals surface area contributed by atoms with E-state index in [4.69, 9.17) is 10.8 Å². The van der Waals surface area contributed by atoms with E-state index in [1.165, 1.54) is 0 Å². The van der Waals surface area contributed by atoms with Crippen molar-refractivity contribution < 1.29 is 14.7 Å². The van der Waals surface area contributed by atoms with Crippen molar-refractivity contribution in [2.75, 3.05) is 6.54 Å². The molecule has 0 spiro atoms. The molecule has 1 aromatic rings.